The molecule has 0 aromatic heterocycles. The van der Waals surface area contributed by atoms with Gasteiger partial charge in [-0.05, 0) is 49.9 Å². The van der Waals surface area contributed by atoms with Gasteiger partial charge in [-0.3, -0.25) is 0 Å². The number of rotatable bonds is 8. The van der Waals surface area contributed by atoms with Gasteiger partial charge in [-0.25, -0.2) is 0 Å². The number of halogens is 1. The van der Waals surface area contributed by atoms with Crippen LogP contribution in [0.2, 0.25) is 5.02 Å². The van der Waals surface area contributed by atoms with E-state index < -0.39 is 0 Å². The largest absolute Gasteiger partial charge is 0.491 e. The van der Waals surface area contributed by atoms with Gasteiger partial charge >= 0.3 is 0 Å². The highest BCUT2D eigenvalue weighted by Gasteiger charge is 2.02. The van der Waals surface area contributed by atoms with Gasteiger partial charge in [0.1, 0.15) is 5.75 Å². The molecular weight excluding hydrogens is 294 g/mol. The van der Waals surface area contributed by atoms with Crippen molar-refractivity contribution < 1.29 is 4.74 Å². The van der Waals surface area contributed by atoms with Crippen LogP contribution in [0.5, 0.6) is 5.75 Å². The molecule has 2 rings (SSSR count). The van der Waals surface area contributed by atoms with Gasteiger partial charge in [-0.1, -0.05) is 42.8 Å². The van der Waals surface area contributed by atoms with Crippen LogP contribution < -0.4 is 10.1 Å². The van der Waals surface area contributed by atoms with E-state index in [-0.39, 0.29) is 6.10 Å². The van der Waals surface area contributed by atoms with Crippen molar-refractivity contribution in [3.05, 3.63) is 59.1 Å². The van der Waals surface area contributed by atoms with Crippen molar-refractivity contribution >= 4 is 17.3 Å². The summed E-state index contributed by atoms with van der Waals surface area (Å²) < 4.78 is 5.84. The first-order valence-corrected chi connectivity index (χ1v) is 8.31. The van der Waals surface area contributed by atoms with Gasteiger partial charge in [0.25, 0.3) is 0 Å². The molecule has 0 spiro atoms. The first-order valence-electron chi connectivity index (χ1n) is 7.93. The Bertz CT molecular complexity index is 585. The Balaban J connectivity index is 1.79. The smallest absolute Gasteiger partial charge is 0.121 e. The number of nitrogens with one attached hydrogen (secondary N) is 1. The summed E-state index contributed by atoms with van der Waals surface area (Å²) in [6.45, 7) is 5.13. The van der Waals surface area contributed by atoms with Crippen LogP contribution >= 0.6 is 11.6 Å². The van der Waals surface area contributed by atoms with Crippen molar-refractivity contribution in [3.63, 3.8) is 0 Å². The highest BCUT2D eigenvalue weighted by Crippen LogP contribution is 2.20. The molecule has 0 saturated carbocycles. The predicted octanol–water partition coefficient (Wildman–Crippen LogP) is 5.56. The molecule has 2 nitrogen and oxygen atoms in total. The van der Waals surface area contributed by atoms with Crippen molar-refractivity contribution in [3.8, 4) is 5.75 Å². The number of benzene rings is 2. The molecule has 0 aliphatic carbocycles. The van der Waals surface area contributed by atoms with E-state index in [2.05, 4.69) is 37.4 Å². The van der Waals surface area contributed by atoms with Gasteiger partial charge in [0.05, 0.1) is 6.10 Å². The van der Waals surface area contributed by atoms with Gasteiger partial charge in [0.2, 0.25) is 0 Å². The molecular formula is C19H24ClNO. The van der Waals surface area contributed by atoms with Gasteiger partial charge in [0, 0.05) is 23.3 Å². The molecule has 0 radical (unpaired) electrons. The molecule has 0 saturated heterocycles. The Morgan fingerprint density at radius 1 is 1.14 bits per heavy atom. The molecule has 2 aromatic rings. The number of aryl methyl sites for hydroxylation is 1. The Morgan fingerprint density at radius 3 is 2.73 bits per heavy atom. The third kappa shape index (κ3) is 5.27. The van der Waals surface area contributed by atoms with Crippen LogP contribution in [0.3, 0.4) is 0 Å². The summed E-state index contributed by atoms with van der Waals surface area (Å²) in [5.74, 6) is 0.922. The van der Waals surface area contributed by atoms with Crippen molar-refractivity contribution in [2.24, 2.45) is 0 Å². The summed E-state index contributed by atoms with van der Waals surface area (Å²) in [5, 5.41) is 4.30. The monoisotopic (exact) mass is 317 g/mol. The first-order chi connectivity index (χ1) is 10.7. The molecule has 1 atom stereocenters. The number of hydrogen-bond donors (Lipinski definition) is 1. The molecule has 1 N–H and O–H groups in total. The normalized spacial score (nSPS) is 12.0. The van der Waals surface area contributed by atoms with E-state index in [0.717, 1.165) is 42.3 Å². The van der Waals surface area contributed by atoms with Crippen LogP contribution in [0.1, 0.15) is 32.3 Å². The molecule has 0 fully saturated rings. The average molecular weight is 318 g/mol. The summed E-state index contributed by atoms with van der Waals surface area (Å²) in [6, 6.07) is 16.2. The molecule has 22 heavy (non-hydrogen) atoms. The number of ether oxygens (including phenoxy) is 1. The predicted molar refractivity (Wildman–Crippen MR) is 95.1 cm³/mol. The summed E-state index contributed by atoms with van der Waals surface area (Å²) in [5.41, 5.74) is 2.31. The quantitative estimate of drug-likeness (QED) is 0.643. The van der Waals surface area contributed by atoms with Gasteiger partial charge in [0.15, 0.2) is 0 Å². The zero-order valence-corrected chi connectivity index (χ0v) is 14.1. The first kappa shape index (κ1) is 16.7. The highest BCUT2D eigenvalue weighted by molar-refractivity contribution is 6.31. The second-order valence-corrected chi connectivity index (χ2v) is 5.89. The second kappa shape index (κ2) is 8.70. The van der Waals surface area contributed by atoms with Crippen LogP contribution in [0.15, 0.2) is 48.5 Å². The second-order valence-electron chi connectivity index (χ2n) is 5.49. The molecule has 2 aromatic carbocycles. The van der Waals surface area contributed by atoms with Gasteiger partial charge < -0.3 is 10.1 Å². The van der Waals surface area contributed by atoms with E-state index in [0.29, 0.717) is 0 Å². The molecule has 0 heterocycles. The minimum Gasteiger partial charge on any atom is -0.491 e. The molecule has 3 heteroatoms. The lowest BCUT2D eigenvalue weighted by Gasteiger charge is -2.14. The van der Waals surface area contributed by atoms with E-state index in [1.807, 2.05) is 30.3 Å². The van der Waals surface area contributed by atoms with E-state index >= 15 is 0 Å². The van der Waals surface area contributed by atoms with E-state index in [9.17, 15) is 0 Å². The Hall–Kier alpha value is -1.67. The molecule has 0 bridgehead atoms. The highest BCUT2D eigenvalue weighted by atomic mass is 35.5. The van der Waals surface area contributed by atoms with Crippen LogP contribution in [-0.2, 0) is 6.42 Å². The Labute approximate surface area is 138 Å². The van der Waals surface area contributed by atoms with Crippen LogP contribution in [0.4, 0.5) is 5.69 Å². The van der Waals surface area contributed by atoms with Crippen LogP contribution in [0.25, 0.3) is 0 Å². The van der Waals surface area contributed by atoms with Crippen LogP contribution in [0, 0.1) is 0 Å². The van der Waals surface area contributed by atoms with Gasteiger partial charge in [-0.15, -0.1) is 0 Å². The Kier molecular flexibility index (Phi) is 6.60. The fraction of sp³-hybridized carbons (Fsp3) is 0.368. The molecule has 118 valence electrons. The lowest BCUT2D eigenvalue weighted by atomic mass is 10.1. The zero-order chi connectivity index (χ0) is 15.8. The molecule has 0 aliphatic rings. The Morgan fingerprint density at radius 2 is 1.95 bits per heavy atom. The third-order valence-electron chi connectivity index (χ3n) is 3.66. The van der Waals surface area contributed by atoms with E-state index in [4.69, 9.17) is 16.3 Å². The molecule has 0 amide bonds. The lowest BCUT2D eigenvalue weighted by Crippen LogP contribution is -2.10. The van der Waals surface area contributed by atoms with Crippen molar-refractivity contribution in [1.29, 1.82) is 0 Å². The number of hydrogen-bond acceptors (Lipinski definition) is 2. The maximum absolute atomic E-state index is 6.17. The standard InChI is InChI=1S/C19H24ClNO/c1-3-15(2)22-18-11-6-10-17(14-18)21-13-7-9-16-8-4-5-12-19(16)20/h4-6,8,10-12,14-15,21H,3,7,9,13H2,1-2H3. The fourth-order valence-electron chi connectivity index (χ4n) is 2.21. The summed E-state index contributed by atoms with van der Waals surface area (Å²) in [7, 11) is 0. The van der Waals surface area contributed by atoms with Crippen molar-refractivity contribution in [2.45, 2.75) is 39.2 Å². The molecule has 0 aliphatic heterocycles. The minimum atomic E-state index is 0.246. The fourth-order valence-corrected chi connectivity index (χ4v) is 2.44. The molecule has 1 unspecified atom stereocenters. The topological polar surface area (TPSA) is 21.3 Å². The van der Waals surface area contributed by atoms with Crippen molar-refractivity contribution in [1.82, 2.24) is 0 Å². The summed E-state index contributed by atoms with van der Waals surface area (Å²) in [6.07, 6.45) is 3.28. The summed E-state index contributed by atoms with van der Waals surface area (Å²) >= 11 is 6.17. The third-order valence-corrected chi connectivity index (χ3v) is 4.02. The number of anilines is 1. The minimum absolute atomic E-state index is 0.246. The lowest BCUT2D eigenvalue weighted by molar-refractivity contribution is 0.217. The maximum Gasteiger partial charge on any atom is 0.121 e. The average Bonchev–Trinajstić information content (AvgIpc) is 2.53. The van der Waals surface area contributed by atoms with Gasteiger partial charge in [-0.2, -0.15) is 0 Å². The maximum atomic E-state index is 6.17. The SMILES string of the molecule is CCC(C)Oc1cccc(NCCCc2ccccc2Cl)c1. The van der Waals surface area contributed by atoms with E-state index in [1.165, 1.54) is 5.56 Å². The van der Waals surface area contributed by atoms with Crippen LogP contribution in [-0.4, -0.2) is 12.6 Å². The zero-order valence-electron chi connectivity index (χ0n) is 13.3. The van der Waals surface area contributed by atoms with E-state index in [1.54, 1.807) is 0 Å². The van der Waals surface area contributed by atoms with Crippen molar-refractivity contribution in [2.75, 3.05) is 11.9 Å². The summed E-state index contributed by atoms with van der Waals surface area (Å²) in [4.78, 5) is 0.